The van der Waals surface area contributed by atoms with Crippen molar-refractivity contribution in [3.8, 4) is 0 Å². The van der Waals surface area contributed by atoms with E-state index in [0.29, 0.717) is 30.8 Å². The van der Waals surface area contributed by atoms with E-state index in [2.05, 4.69) is 19.2 Å². The van der Waals surface area contributed by atoms with Crippen molar-refractivity contribution in [1.82, 2.24) is 4.90 Å². The monoisotopic (exact) mass is 342 g/mol. The molecule has 1 aromatic carbocycles. The molecular weight excluding hydrogens is 312 g/mol. The number of hydrogen-bond donors (Lipinski definition) is 1. The minimum absolute atomic E-state index is 0.0268. The second-order valence-corrected chi connectivity index (χ2v) is 8.09. The summed E-state index contributed by atoms with van der Waals surface area (Å²) in [6.07, 6.45) is 3.84. The lowest BCUT2D eigenvalue weighted by Gasteiger charge is -2.40. The molecule has 1 heterocycles. The van der Waals surface area contributed by atoms with Gasteiger partial charge in [0.05, 0.1) is 5.92 Å². The van der Waals surface area contributed by atoms with Crippen molar-refractivity contribution < 1.29 is 9.59 Å². The first kappa shape index (κ1) is 18.0. The highest BCUT2D eigenvalue weighted by atomic mass is 16.2. The fourth-order valence-electron chi connectivity index (χ4n) is 4.33. The number of carbonyl (C=O) groups excluding carboxylic acids is 2. The summed E-state index contributed by atoms with van der Waals surface area (Å²) in [4.78, 5) is 27.3. The number of anilines is 1. The summed E-state index contributed by atoms with van der Waals surface area (Å²) >= 11 is 0. The maximum absolute atomic E-state index is 12.7. The van der Waals surface area contributed by atoms with E-state index in [1.54, 1.807) is 0 Å². The molecule has 3 rings (SSSR count). The molecule has 1 aliphatic carbocycles. The molecule has 0 radical (unpaired) electrons. The van der Waals surface area contributed by atoms with Crippen LogP contribution in [0.15, 0.2) is 18.2 Å². The molecule has 1 aromatic rings. The number of benzene rings is 1. The molecule has 2 fully saturated rings. The highest BCUT2D eigenvalue weighted by molar-refractivity contribution is 5.97. The van der Waals surface area contributed by atoms with Crippen LogP contribution in [0.4, 0.5) is 5.69 Å². The van der Waals surface area contributed by atoms with E-state index < -0.39 is 0 Å². The Bertz CT molecular complexity index is 670. The first-order valence-electron chi connectivity index (χ1n) is 9.54. The van der Waals surface area contributed by atoms with Gasteiger partial charge in [-0.3, -0.25) is 9.59 Å². The predicted octanol–water partition coefficient (Wildman–Crippen LogP) is 3.92. The van der Waals surface area contributed by atoms with Gasteiger partial charge < -0.3 is 10.2 Å². The lowest BCUT2D eigenvalue weighted by Crippen LogP contribution is -2.45. The second kappa shape index (κ2) is 7.19. The van der Waals surface area contributed by atoms with Gasteiger partial charge in [0.2, 0.25) is 11.8 Å². The molecular formula is C21H30N2O2. The Labute approximate surface area is 151 Å². The molecule has 0 bridgehead atoms. The van der Waals surface area contributed by atoms with Gasteiger partial charge in [0.15, 0.2) is 0 Å². The molecule has 1 N–H and O–H groups in total. The number of nitrogens with zero attached hydrogens (tertiary/aromatic N) is 1. The number of carbonyl (C=O) groups is 2. The van der Waals surface area contributed by atoms with Crippen LogP contribution in [-0.4, -0.2) is 29.3 Å². The minimum Gasteiger partial charge on any atom is -0.339 e. The molecule has 0 aromatic heterocycles. The Morgan fingerprint density at radius 1 is 1.20 bits per heavy atom. The Balaban J connectivity index is 1.67. The summed E-state index contributed by atoms with van der Waals surface area (Å²) in [7, 11) is 0. The van der Waals surface area contributed by atoms with Crippen LogP contribution >= 0.6 is 0 Å². The Kier molecular flexibility index (Phi) is 5.16. The first-order chi connectivity index (χ1) is 11.9. The summed E-state index contributed by atoms with van der Waals surface area (Å²) < 4.78 is 0. The topological polar surface area (TPSA) is 49.4 Å². The van der Waals surface area contributed by atoms with Crippen molar-refractivity contribution in [2.24, 2.45) is 17.8 Å². The zero-order valence-electron chi connectivity index (χ0n) is 15.8. The van der Waals surface area contributed by atoms with E-state index in [4.69, 9.17) is 0 Å². The number of hydrogen-bond acceptors (Lipinski definition) is 2. The van der Waals surface area contributed by atoms with Gasteiger partial charge in [-0.1, -0.05) is 38.8 Å². The maximum atomic E-state index is 12.7. The molecule has 25 heavy (non-hydrogen) atoms. The highest BCUT2D eigenvalue weighted by Crippen LogP contribution is 2.36. The van der Waals surface area contributed by atoms with Gasteiger partial charge in [-0.05, 0) is 49.3 Å². The van der Waals surface area contributed by atoms with Gasteiger partial charge in [-0.25, -0.2) is 0 Å². The predicted molar refractivity (Wildman–Crippen MR) is 100 cm³/mol. The van der Waals surface area contributed by atoms with E-state index >= 15 is 0 Å². The van der Waals surface area contributed by atoms with Crippen molar-refractivity contribution in [2.45, 2.75) is 59.4 Å². The van der Waals surface area contributed by atoms with E-state index in [9.17, 15) is 9.59 Å². The number of amides is 2. The van der Waals surface area contributed by atoms with Gasteiger partial charge in [0.1, 0.15) is 0 Å². The Morgan fingerprint density at radius 2 is 1.96 bits per heavy atom. The maximum Gasteiger partial charge on any atom is 0.229 e. The van der Waals surface area contributed by atoms with E-state index in [0.717, 1.165) is 23.2 Å². The lowest BCUT2D eigenvalue weighted by atomic mass is 9.77. The van der Waals surface area contributed by atoms with E-state index in [1.807, 2.05) is 36.9 Å². The van der Waals surface area contributed by atoms with Gasteiger partial charge in [-0.2, -0.15) is 0 Å². The number of nitrogens with one attached hydrogen (secondary N) is 1. The van der Waals surface area contributed by atoms with Crippen LogP contribution in [-0.2, 0) is 9.59 Å². The van der Waals surface area contributed by atoms with Crippen molar-refractivity contribution in [2.75, 3.05) is 11.9 Å². The number of aryl methyl sites for hydroxylation is 2. The third-order valence-corrected chi connectivity index (χ3v) is 6.24. The quantitative estimate of drug-likeness (QED) is 0.905. The zero-order valence-corrected chi connectivity index (χ0v) is 15.8. The molecule has 1 aliphatic heterocycles. The molecule has 0 spiro atoms. The minimum atomic E-state index is -0.239. The lowest BCUT2D eigenvalue weighted by molar-refractivity contribution is -0.131. The molecule has 0 unspecified atom stereocenters. The Morgan fingerprint density at radius 3 is 2.72 bits per heavy atom. The average Bonchev–Trinajstić information content (AvgIpc) is 2.95. The fraction of sp³-hybridized carbons (Fsp3) is 0.619. The van der Waals surface area contributed by atoms with Crippen LogP contribution in [0.2, 0.25) is 0 Å². The number of likely N-dealkylation sites (tertiary alicyclic amines) is 1. The van der Waals surface area contributed by atoms with Crippen LogP contribution < -0.4 is 5.32 Å². The van der Waals surface area contributed by atoms with Crippen LogP contribution in [0.3, 0.4) is 0 Å². The smallest absolute Gasteiger partial charge is 0.229 e. The standard InChI is InChI=1S/C21H30N2O2/c1-13-8-9-15(3)18(10-13)22-21(25)17-11-20(24)23(12-17)19-7-5-6-14(2)16(19)4/h8-10,14,16-17,19H,5-7,11-12H2,1-4H3,(H,22,25)/t14-,16-,17-,19-/m0/s1. The molecule has 1 saturated carbocycles. The zero-order chi connectivity index (χ0) is 18.1. The molecule has 4 nitrogen and oxygen atoms in total. The second-order valence-electron chi connectivity index (χ2n) is 8.09. The van der Waals surface area contributed by atoms with Gasteiger partial charge in [-0.15, -0.1) is 0 Å². The van der Waals surface area contributed by atoms with Crippen molar-refractivity contribution in [3.63, 3.8) is 0 Å². The van der Waals surface area contributed by atoms with Crippen molar-refractivity contribution in [3.05, 3.63) is 29.3 Å². The van der Waals surface area contributed by atoms with Crippen LogP contribution in [0.5, 0.6) is 0 Å². The molecule has 2 amide bonds. The summed E-state index contributed by atoms with van der Waals surface area (Å²) in [5, 5.41) is 3.04. The largest absolute Gasteiger partial charge is 0.339 e. The summed E-state index contributed by atoms with van der Waals surface area (Å²) in [6.45, 7) is 9.11. The molecule has 4 atom stereocenters. The molecule has 1 saturated heterocycles. The van der Waals surface area contributed by atoms with Crippen molar-refractivity contribution in [1.29, 1.82) is 0 Å². The summed E-state index contributed by atoms with van der Waals surface area (Å²) in [5.41, 5.74) is 3.03. The van der Waals surface area contributed by atoms with Gasteiger partial charge in [0, 0.05) is 24.7 Å². The van der Waals surface area contributed by atoms with Crippen molar-refractivity contribution >= 4 is 17.5 Å². The van der Waals surface area contributed by atoms with E-state index in [-0.39, 0.29) is 17.7 Å². The van der Waals surface area contributed by atoms with E-state index in [1.165, 1.54) is 12.8 Å². The molecule has 4 heteroatoms. The Hall–Kier alpha value is -1.84. The highest BCUT2D eigenvalue weighted by Gasteiger charge is 2.41. The van der Waals surface area contributed by atoms with Gasteiger partial charge in [0.25, 0.3) is 0 Å². The third-order valence-electron chi connectivity index (χ3n) is 6.24. The SMILES string of the molecule is Cc1ccc(C)c(NC(=O)[C@H]2CC(=O)N([C@H]3CCC[C@H](C)[C@@H]3C)C2)c1. The summed E-state index contributed by atoms with van der Waals surface area (Å²) in [6, 6.07) is 6.35. The van der Waals surface area contributed by atoms with Crippen LogP contribution in [0.1, 0.15) is 50.7 Å². The molecule has 136 valence electrons. The summed E-state index contributed by atoms with van der Waals surface area (Å²) in [5.74, 6) is 1.04. The van der Waals surface area contributed by atoms with Crippen LogP contribution in [0, 0.1) is 31.6 Å². The normalized spacial score (nSPS) is 29.8. The number of rotatable bonds is 3. The third kappa shape index (κ3) is 3.73. The van der Waals surface area contributed by atoms with Gasteiger partial charge >= 0.3 is 0 Å². The average molecular weight is 342 g/mol. The fourth-order valence-corrected chi connectivity index (χ4v) is 4.33. The van der Waals surface area contributed by atoms with Crippen LogP contribution in [0.25, 0.3) is 0 Å². The first-order valence-corrected chi connectivity index (χ1v) is 9.54. The molecule has 2 aliphatic rings.